The Labute approximate surface area is 175 Å². The fourth-order valence-electron chi connectivity index (χ4n) is 3.52. The summed E-state index contributed by atoms with van der Waals surface area (Å²) in [7, 11) is -3.67. The molecular weight excluding hydrogens is 404 g/mol. The highest BCUT2D eigenvalue weighted by molar-refractivity contribution is 7.89. The van der Waals surface area contributed by atoms with Crippen molar-refractivity contribution in [1.29, 1.82) is 0 Å². The third-order valence-electron chi connectivity index (χ3n) is 5.15. The molecule has 0 saturated carbocycles. The molecule has 29 heavy (non-hydrogen) atoms. The van der Waals surface area contributed by atoms with Gasteiger partial charge in [0.1, 0.15) is 0 Å². The van der Waals surface area contributed by atoms with Crippen molar-refractivity contribution < 1.29 is 13.2 Å². The summed E-state index contributed by atoms with van der Waals surface area (Å²) < 4.78 is 27.8. The molecule has 3 aromatic rings. The first-order valence-corrected chi connectivity index (χ1v) is 11.9. The van der Waals surface area contributed by atoms with Crippen molar-refractivity contribution in [3.05, 3.63) is 81.5 Å². The maximum absolute atomic E-state index is 13.2. The second kappa shape index (κ2) is 8.10. The molecule has 1 aromatic heterocycles. The molecule has 0 unspecified atom stereocenters. The van der Waals surface area contributed by atoms with E-state index in [1.807, 2.05) is 42.6 Å². The first-order chi connectivity index (χ1) is 14.0. The van der Waals surface area contributed by atoms with Crippen molar-refractivity contribution in [3.63, 3.8) is 0 Å². The normalized spacial score (nSPS) is 14.4. The van der Waals surface area contributed by atoms with E-state index in [1.54, 1.807) is 29.5 Å². The standard InChI is InChI=1S/C22H22N2O3S2/c1-2-16-6-3-4-9-20(16)23-22(25)17-7-5-8-19(14-17)29(26,27)24-12-10-21-18(15-24)11-13-28-21/h3-9,11,13-14H,2,10,12,15H2,1H3,(H,23,25). The number of hydrogen-bond donors (Lipinski definition) is 1. The number of sulfonamides is 1. The van der Waals surface area contributed by atoms with Crippen LogP contribution in [0.3, 0.4) is 0 Å². The minimum absolute atomic E-state index is 0.146. The van der Waals surface area contributed by atoms with Crippen LogP contribution in [-0.2, 0) is 29.4 Å². The van der Waals surface area contributed by atoms with E-state index in [-0.39, 0.29) is 10.8 Å². The fraction of sp³-hybridized carbons (Fsp3) is 0.227. The highest BCUT2D eigenvalue weighted by atomic mass is 32.2. The van der Waals surface area contributed by atoms with E-state index in [0.717, 1.165) is 29.7 Å². The van der Waals surface area contributed by atoms with Gasteiger partial charge >= 0.3 is 0 Å². The SMILES string of the molecule is CCc1ccccc1NC(=O)c1cccc(S(=O)(=O)N2CCc3sccc3C2)c1. The smallest absolute Gasteiger partial charge is 0.255 e. The molecule has 0 bridgehead atoms. The van der Waals surface area contributed by atoms with E-state index >= 15 is 0 Å². The van der Waals surface area contributed by atoms with Gasteiger partial charge in [-0.3, -0.25) is 4.79 Å². The Kier molecular flexibility index (Phi) is 5.54. The topological polar surface area (TPSA) is 66.5 Å². The minimum Gasteiger partial charge on any atom is -0.322 e. The summed E-state index contributed by atoms with van der Waals surface area (Å²) in [6.45, 7) is 2.85. The van der Waals surface area contributed by atoms with Gasteiger partial charge in [-0.05, 0) is 59.7 Å². The fourth-order valence-corrected chi connectivity index (χ4v) is 5.87. The van der Waals surface area contributed by atoms with E-state index < -0.39 is 10.0 Å². The lowest BCUT2D eigenvalue weighted by molar-refractivity contribution is 0.102. The minimum atomic E-state index is -3.67. The quantitative estimate of drug-likeness (QED) is 0.661. The number of aryl methyl sites for hydroxylation is 1. The Balaban J connectivity index is 1.57. The van der Waals surface area contributed by atoms with Crippen LogP contribution < -0.4 is 5.32 Å². The van der Waals surface area contributed by atoms with Gasteiger partial charge in [0.2, 0.25) is 10.0 Å². The number of rotatable bonds is 5. The zero-order valence-corrected chi connectivity index (χ0v) is 17.7. The van der Waals surface area contributed by atoms with E-state index in [9.17, 15) is 13.2 Å². The number of carbonyl (C=O) groups is 1. The van der Waals surface area contributed by atoms with Crippen LogP contribution in [0.25, 0.3) is 0 Å². The number of benzene rings is 2. The number of para-hydroxylation sites is 1. The molecule has 0 spiro atoms. The molecule has 0 atom stereocenters. The molecule has 4 rings (SSSR count). The Hall–Kier alpha value is -2.48. The van der Waals surface area contributed by atoms with Gasteiger partial charge < -0.3 is 5.32 Å². The Bertz CT molecular complexity index is 1150. The van der Waals surface area contributed by atoms with E-state index in [2.05, 4.69) is 5.32 Å². The number of hydrogen-bond acceptors (Lipinski definition) is 4. The molecule has 1 aliphatic heterocycles. The maximum Gasteiger partial charge on any atom is 0.255 e. The lowest BCUT2D eigenvalue weighted by Crippen LogP contribution is -2.35. The van der Waals surface area contributed by atoms with Crippen LogP contribution in [0, 0.1) is 0 Å². The van der Waals surface area contributed by atoms with Crippen LogP contribution in [0.2, 0.25) is 0 Å². The van der Waals surface area contributed by atoms with Gasteiger partial charge in [0.25, 0.3) is 5.91 Å². The van der Waals surface area contributed by atoms with Crippen molar-refractivity contribution in [2.45, 2.75) is 31.2 Å². The number of nitrogens with zero attached hydrogens (tertiary/aromatic N) is 1. The van der Waals surface area contributed by atoms with Crippen molar-refractivity contribution in [2.24, 2.45) is 0 Å². The van der Waals surface area contributed by atoms with Crippen LogP contribution in [0.5, 0.6) is 0 Å². The average Bonchev–Trinajstić information content (AvgIpc) is 3.22. The largest absolute Gasteiger partial charge is 0.322 e. The first kappa shape index (κ1) is 19.8. The summed E-state index contributed by atoms with van der Waals surface area (Å²) in [6, 6.07) is 15.9. The van der Waals surface area contributed by atoms with Crippen LogP contribution in [0.1, 0.15) is 33.3 Å². The highest BCUT2D eigenvalue weighted by Gasteiger charge is 2.29. The Morgan fingerprint density at radius 1 is 1.14 bits per heavy atom. The van der Waals surface area contributed by atoms with Gasteiger partial charge in [-0.1, -0.05) is 31.2 Å². The molecule has 1 amide bonds. The zero-order valence-electron chi connectivity index (χ0n) is 16.1. The Morgan fingerprint density at radius 3 is 2.79 bits per heavy atom. The lowest BCUT2D eigenvalue weighted by atomic mass is 10.1. The highest BCUT2D eigenvalue weighted by Crippen LogP contribution is 2.28. The zero-order chi connectivity index (χ0) is 20.4. The maximum atomic E-state index is 13.2. The second-order valence-electron chi connectivity index (χ2n) is 6.95. The Morgan fingerprint density at radius 2 is 1.97 bits per heavy atom. The molecule has 1 aliphatic rings. The van der Waals surface area contributed by atoms with Crippen LogP contribution in [-0.4, -0.2) is 25.2 Å². The summed E-state index contributed by atoms with van der Waals surface area (Å²) in [6.07, 6.45) is 1.52. The van der Waals surface area contributed by atoms with Gasteiger partial charge in [0, 0.05) is 29.2 Å². The molecule has 150 valence electrons. The number of nitrogens with one attached hydrogen (secondary N) is 1. The summed E-state index contributed by atoms with van der Waals surface area (Å²) in [5.41, 5.74) is 3.17. The summed E-state index contributed by atoms with van der Waals surface area (Å²) >= 11 is 1.67. The summed E-state index contributed by atoms with van der Waals surface area (Å²) in [4.78, 5) is 14.1. The average molecular weight is 427 g/mol. The predicted molar refractivity (Wildman–Crippen MR) is 116 cm³/mol. The first-order valence-electron chi connectivity index (χ1n) is 9.53. The number of fused-ring (bicyclic) bond motifs is 1. The van der Waals surface area contributed by atoms with Gasteiger partial charge in [-0.25, -0.2) is 8.42 Å². The lowest BCUT2D eigenvalue weighted by Gasteiger charge is -2.26. The number of anilines is 1. The number of amides is 1. The molecule has 2 aromatic carbocycles. The third-order valence-corrected chi connectivity index (χ3v) is 8.02. The van der Waals surface area contributed by atoms with Crippen LogP contribution in [0.15, 0.2) is 64.9 Å². The van der Waals surface area contributed by atoms with Crippen molar-refractivity contribution >= 4 is 33.0 Å². The van der Waals surface area contributed by atoms with Gasteiger partial charge in [0.15, 0.2) is 0 Å². The van der Waals surface area contributed by atoms with E-state index in [0.29, 0.717) is 18.7 Å². The van der Waals surface area contributed by atoms with Gasteiger partial charge in [-0.15, -0.1) is 11.3 Å². The number of thiophene rings is 1. The number of carbonyl (C=O) groups excluding carboxylic acids is 1. The molecule has 0 saturated heterocycles. The van der Waals surface area contributed by atoms with E-state index in [4.69, 9.17) is 0 Å². The molecule has 7 heteroatoms. The molecule has 0 radical (unpaired) electrons. The van der Waals surface area contributed by atoms with Crippen LogP contribution in [0.4, 0.5) is 5.69 Å². The summed E-state index contributed by atoms with van der Waals surface area (Å²) in [5.74, 6) is -0.318. The molecule has 5 nitrogen and oxygen atoms in total. The molecular formula is C22H22N2O3S2. The molecule has 2 heterocycles. The molecule has 0 aliphatic carbocycles. The molecule has 0 fully saturated rings. The van der Waals surface area contributed by atoms with Gasteiger partial charge in [-0.2, -0.15) is 4.31 Å². The van der Waals surface area contributed by atoms with Crippen molar-refractivity contribution in [2.75, 3.05) is 11.9 Å². The predicted octanol–water partition coefficient (Wildman–Crippen LogP) is 4.31. The monoisotopic (exact) mass is 426 g/mol. The van der Waals surface area contributed by atoms with Gasteiger partial charge in [0.05, 0.1) is 4.90 Å². The second-order valence-corrected chi connectivity index (χ2v) is 9.89. The van der Waals surface area contributed by atoms with Crippen LogP contribution >= 0.6 is 11.3 Å². The van der Waals surface area contributed by atoms with E-state index in [1.165, 1.54) is 15.2 Å². The van der Waals surface area contributed by atoms with Crippen molar-refractivity contribution in [1.82, 2.24) is 4.31 Å². The van der Waals surface area contributed by atoms with Crippen molar-refractivity contribution in [3.8, 4) is 0 Å². The molecule has 1 N–H and O–H groups in total. The summed E-state index contributed by atoms with van der Waals surface area (Å²) in [5, 5.41) is 4.90. The third kappa shape index (κ3) is 3.99.